The Morgan fingerprint density at radius 2 is 1.72 bits per heavy atom. The summed E-state index contributed by atoms with van der Waals surface area (Å²) in [5.41, 5.74) is 0. The van der Waals surface area contributed by atoms with Crippen LogP contribution in [0.5, 0.6) is 0 Å². The van der Waals surface area contributed by atoms with Gasteiger partial charge in [-0.3, -0.25) is 4.79 Å². The topological polar surface area (TPSA) is 60.4 Å². The van der Waals surface area contributed by atoms with E-state index in [-0.39, 0.29) is 22.9 Å². The van der Waals surface area contributed by atoms with Gasteiger partial charge in [-0.1, -0.05) is 20.3 Å². The maximum absolute atomic E-state index is 11.9. The van der Waals surface area contributed by atoms with E-state index < -0.39 is 9.84 Å². The second kappa shape index (κ2) is 8.51. The van der Waals surface area contributed by atoms with E-state index in [4.69, 9.17) is 4.74 Å². The van der Waals surface area contributed by atoms with Crippen LogP contribution >= 0.6 is 0 Å². The molecule has 0 aromatic heterocycles. The van der Waals surface area contributed by atoms with Gasteiger partial charge in [0.05, 0.1) is 17.6 Å². The van der Waals surface area contributed by atoms with Gasteiger partial charge in [0.25, 0.3) is 0 Å². The van der Waals surface area contributed by atoms with Crippen molar-refractivity contribution in [2.45, 2.75) is 58.6 Å². The van der Waals surface area contributed by atoms with Gasteiger partial charge in [-0.05, 0) is 32.6 Å². The van der Waals surface area contributed by atoms with E-state index in [2.05, 4.69) is 0 Å². The number of hydrogen-bond donors (Lipinski definition) is 0. The van der Waals surface area contributed by atoms with Crippen molar-refractivity contribution in [3.05, 3.63) is 0 Å². The number of carbonyl (C=O) groups excluding carboxylic acids is 1. The van der Waals surface area contributed by atoms with Crippen molar-refractivity contribution in [1.29, 1.82) is 0 Å². The van der Waals surface area contributed by atoms with Crippen molar-refractivity contribution >= 4 is 15.8 Å². The molecule has 0 saturated carbocycles. The highest BCUT2D eigenvalue weighted by atomic mass is 32.2. The van der Waals surface area contributed by atoms with Crippen LogP contribution < -0.4 is 0 Å². The molecule has 4 nitrogen and oxygen atoms in total. The van der Waals surface area contributed by atoms with Crippen molar-refractivity contribution in [2.75, 3.05) is 12.4 Å². The molecule has 0 aliphatic carbocycles. The van der Waals surface area contributed by atoms with Crippen LogP contribution in [0.4, 0.5) is 0 Å². The van der Waals surface area contributed by atoms with E-state index in [1.165, 1.54) is 0 Å². The average molecular weight is 278 g/mol. The minimum Gasteiger partial charge on any atom is -0.466 e. The molecule has 18 heavy (non-hydrogen) atoms. The van der Waals surface area contributed by atoms with Crippen molar-refractivity contribution < 1.29 is 17.9 Å². The SMILES string of the molecule is CCOC(=O)CCCCCS(=O)(=O)C(C)C(C)C. The lowest BCUT2D eigenvalue weighted by molar-refractivity contribution is -0.143. The third kappa shape index (κ3) is 6.99. The Balaban J connectivity index is 3.82. The summed E-state index contributed by atoms with van der Waals surface area (Å²) in [4.78, 5) is 11.1. The Bertz CT molecular complexity index is 333. The van der Waals surface area contributed by atoms with Crippen LogP contribution in [0.1, 0.15) is 53.4 Å². The minimum absolute atomic E-state index is 0.148. The summed E-state index contributed by atoms with van der Waals surface area (Å²) in [5.74, 6) is 0.167. The molecule has 0 fully saturated rings. The lowest BCUT2D eigenvalue weighted by Crippen LogP contribution is -2.25. The lowest BCUT2D eigenvalue weighted by Gasteiger charge is -2.16. The van der Waals surface area contributed by atoms with E-state index in [1.54, 1.807) is 13.8 Å². The van der Waals surface area contributed by atoms with Crippen LogP contribution in [-0.4, -0.2) is 32.0 Å². The summed E-state index contributed by atoms with van der Waals surface area (Å²) in [5, 5.41) is -0.289. The Morgan fingerprint density at radius 1 is 1.11 bits per heavy atom. The molecule has 0 saturated heterocycles. The first-order valence-corrected chi connectivity index (χ1v) is 8.40. The van der Waals surface area contributed by atoms with Gasteiger partial charge < -0.3 is 4.74 Å². The summed E-state index contributed by atoms with van der Waals surface area (Å²) in [6.45, 7) is 7.78. The zero-order valence-corrected chi connectivity index (χ0v) is 12.8. The standard InChI is InChI=1S/C13H26O4S/c1-5-17-13(14)9-7-6-8-10-18(15,16)12(4)11(2)3/h11-12H,5-10H2,1-4H3. The number of carbonyl (C=O) groups is 1. The van der Waals surface area contributed by atoms with Crippen LogP contribution in [0, 0.1) is 5.92 Å². The monoisotopic (exact) mass is 278 g/mol. The molecule has 0 radical (unpaired) electrons. The molecule has 0 amide bonds. The van der Waals surface area contributed by atoms with Gasteiger partial charge in [0.2, 0.25) is 0 Å². The summed E-state index contributed by atoms with van der Waals surface area (Å²) >= 11 is 0. The van der Waals surface area contributed by atoms with E-state index in [1.807, 2.05) is 13.8 Å². The number of hydrogen-bond acceptors (Lipinski definition) is 4. The molecule has 5 heteroatoms. The molecule has 0 N–H and O–H groups in total. The summed E-state index contributed by atoms with van der Waals surface area (Å²) in [7, 11) is -2.99. The molecule has 0 heterocycles. The molecule has 108 valence electrons. The number of ether oxygens (including phenoxy) is 1. The highest BCUT2D eigenvalue weighted by Crippen LogP contribution is 2.14. The zero-order chi connectivity index (χ0) is 14.2. The maximum Gasteiger partial charge on any atom is 0.305 e. The molecule has 0 rings (SSSR count). The molecule has 0 aliphatic heterocycles. The second-order valence-electron chi connectivity index (χ2n) is 4.93. The van der Waals surface area contributed by atoms with Crippen LogP contribution in [-0.2, 0) is 19.4 Å². The van der Waals surface area contributed by atoms with Crippen LogP contribution in [0.25, 0.3) is 0 Å². The Morgan fingerprint density at radius 3 is 2.22 bits per heavy atom. The molecule has 1 atom stereocenters. The fraction of sp³-hybridized carbons (Fsp3) is 0.923. The zero-order valence-electron chi connectivity index (χ0n) is 11.9. The summed E-state index contributed by atoms with van der Waals surface area (Å²) < 4.78 is 28.6. The molecule has 0 bridgehead atoms. The number of esters is 1. The molecule has 1 unspecified atom stereocenters. The molecular formula is C13H26O4S. The normalized spacial score (nSPS) is 13.6. The van der Waals surface area contributed by atoms with Gasteiger partial charge in [0, 0.05) is 6.42 Å². The van der Waals surface area contributed by atoms with Crippen molar-refractivity contribution in [2.24, 2.45) is 5.92 Å². The molecule has 0 aliphatic rings. The molecular weight excluding hydrogens is 252 g/mol. The van der Waals surface area contributed by atoms with Gasteiger partial charge in [0.1, 0.15) is 0 Å². The van der Waals surface area contributed by atoms with Crippen molar-refractivity contribution in [3.63, 3.8) is 0 Å². The van der Waals surface area contributed by atoms with Gasteiger partial charge in [-0.2, -0.15) is 0 Å². The first-order valence-electron chi connectivity index (χ1n) is 6.68. The van der Waals surface area contributed by atoms with Gasteiger partial charge in [0.15, 0.2) is 9.84 Å². The van der Waals surface area contributed by atoms with E-state index in [0.29, 0.717) is 25.9 Å². The minimum atomic E-state index is -2.99. The van der Waals surface area contributed by atoms with Gasteiger partial charge in [-0.15, -0.1) is 0 Å². The maximum atomic E-state index is 11.9. The van der Waals surface area contributed by atoms with E-state index >= 15 is 0 Å². The highest BCUT2D eigenvalue weighted by Gasteiger charge is 2.22. The lowest BCUT2D eigenvalue weighted by atomic mass is 10.2. The summed E-state index contributed by atoms with van der Waals surface area (Å²) in [6.07, 6.45) is 2.46. The fourth-order valence-electron chi connectivity index (χ4n) is 1.58. The van der Waals surface area contributed by atoms with Crippen LogP contribution in [0.3, 0.4) is 0 Å². The van der Waals surface area contributed by atoms with Gasteiger partial charge >= 0.3 is 5.97 Å². The molecule has 0 spiro atoms. The Kier molecular flexibility index (Phi) is 8.24. The highest BCUT2D eigenvalue weighted by molar-refractivity contribution is 7.92. The molecule has 0 aromatic carbocycles. The fourth-order valence-corrected chi connectivity index (χ4v) is 3.39. The smallest absolute Gasteiger partial charge is 0.305 e. The predicted molar refractivity (Wildman–Crippen MR) is 73.2 cm³/mol. The molecule has 0 aromatic rings. The largest absolute Gasteiger partial charge is 0.466 e. The van der Waals surface area contributed by atoms with E-state index in [0.717, 1.165) is 6.42 Å². The van der Waals surface area contributed by atoms with Crippen molar-refractivity contribution in [1.82, 2.24) is 0 Å². The first-order chi connectivity index (χ1) is 8.31. The number of sulfone groups is 1. The quantitative estimate of drug-likeness (QED) is 0.480. The van der Waals surface area contributed by atoms with E-state index in [9.17, 15) is 13.2 Å². The predicted octanol–water partition coefficient (Wildman–Crippen LogP) is 2.57. The summed E-state index contributed by atoms with van der Waals surface area (Å²) in [6, 6.07) is 0. The second-order valence-corrected chi connectivity index (χ2v) is 7.41. The number of unbranched alkanes of at least 4 members (excludes halogenated alkanes) is 2. The average Bonchev–Trinajstić information content (AvgIpc) is 2.27. The Hall–Kier alpha value is -0.580. The van der Waals surface area contributed by atoms with Crippen LogP contribution in [0.15, 0.2) is 0 Å². The third-order valence-corrected chi connectivity index (χ3v) is 5.66. The van der Waals surface area contributed by atoms with Gasteiger partial charge in [-0.25, -0.2) is 8.42 Å². The number of rotatable bonds is 9. The van der Waals surface area contributed by atoms with Crippen molar-refractivity contribution in [3.8, 4) is 0 Å². The third-order valence-electron chi connectivity index (χ3n) is 3.12. The Labute approximate surface area is 111 Å². The first kappa shape index (κ1) is 17.4. The van der Waals surface area contributed by atoms with Crippen LogP contribution in [0.2, 0.25) is 0 Å².